The second-order valence-corrected chi connectivity index (χ2v) is 12.8. The third kappa shape index (κ3) is 6.10. The SMILES string of the molecule is CC12CCC(C(O)C1)C(C)(C)N2.CC12CCC(C(O)C1)C(C)(C)N2.O=C(O)c1ccccc1C(=O)O. The monoisotopic (exact) mass is 504 g/mol. The second-order valence-electron chi connectivity index (χ2n) is 12.8. The van der Waals surface area contributed by atoms with Gasteiger partial charge in [-0.15, -0.1) is 0 Å². The third-order valence-corrected chi connectivity index (χ3v) is 8.75. The van der Waals surface area contributed by atoms with Gasteiger partial charge in [0.1, 0.15) is 0 Å². The number of carbonyl (C=O) groups is 2. The summed E-state index contributed by atoms with van der Waals surface area (Å²) in [6, 6.07) is 5.48. The highest BCUT2D eigenvalue weighted by atomic mass is 16.4. The first-order valence-corrected chi connectivity index (χ1v) is 13.0. The second kappa shape index (κ2) is 10.0. The van der Waals surface area contributed by atoms with E-state index in [1.54, 1.807) is 0 Å². The van der Waals surface area contributed by atoms with Gasteiger partial charge in [0.2, 0.25) is 0 Å². The molecular formula is C28H44N2O6. The summed E-state index contributed by atoms with van der Waals surface area (Å²) in [4.78, 5) is 20.9. The highest BCUT2D eigenvalue weighted by Crippen LogP contribution is 2.45. The van der Waals surface area contributed by atoms with Crippen LogP contribution in [-0.4, -0.2) is 66.7 Å². The Balaban J connectivity index is 0.000000150. The summed E-state index contributed by atoms with van der Waals surface area (Å²) in [6.45, 7) is 13.3. The minimum absolute atomic E-state index is 0.0833. The first-order chi connectivity index (χ1) is 16.5. The van der Waals surface area contributed by atoms with Gasteiger partial charge in [-0.25, -0.2) is 9.59 Å². The van der Waals surface area contributed by atoms with Crippen LogP contribution in [0, 0.1) is 11.8 Å². The summed E-state index contributed by atoms with van der Waals surface area (Å²) >= 11 is 0. The molecule has 4 heterocycles. The van der Waals surface area contributed by atoms with Crippen LogP contribution in [0.15, 0.2) is 24.3 Å². The molecule has 6 N–H and O–H groups in total. The zero-order valence-corrected chi connectivity index (χ0v) is 22.5. The Labute approximate surface area is 214 Å². The molecule has 0 amide bonds. The molecule has 8 heteroatoms. The Morgan fingerprint density at radius 3 is 1.28 bits per heavy atom. The molecule has 2 saturated carbocycles. The summed E-state index contributed by atoms with van der Waals surface area (Å²) in [5.41, 5.74) is 0.264. The maximum absolute atomic E-state index is 10.5. The van der Waals surface area contributed by atoms with Crippen molar-refractivity contribution in [3.63, 3.8) is 0 Å². The van der Waals surface area contributed by atoms with Crippen LogP contribution in [0.1, 0.15) is 101 Å². The van der Waals surface area contributed by atoms with Gasteiger partial charge in [0.25, 0.3) is 0 Å². The van der Waals surface area contributed by atoms with Gasteiger partial charge >= 0.3 is 11.9 Å². The van der Waals surface area contributed by atoms with Gasteiger partial charge < -0.3 is 31.1 Å². The van der Waals surface area contributed by atoms with Crippen LogP contribution in [0.3, 0.4) is 0 Å². The van der Waals surface area contributed by atoms with E-state index in [0.29, 0.717) is 11.8 Å². The molecule has 6 unspecified atom stereocenters. The number of hydrogen-bond donors (Lipinski definition) is 6. The van der Waals surface area contributed by atoms with E-state index in [2.05, 4.69) is 52.2 Å². The van der Waals surface area contributed by atoms with Crippen LogP contribution in [0.2, 0.25) is 0 Å². The van der Waals surface area contributed by atoms with Gasteiger partial charge in [0.05, 0.1) is 23.3 Å². The summed E-state index contributed by atoms with van der Waals surface area (Å²) < 4.78 is 0. The zero-order valence-electron chi connectivity index (χ0n) is 22.5. The van der Waals surface area contributed by atoms with Gasteiger partial charge in [-0.05, 0) is 92.2 Å². The van der Waals surface area contributed by atoms with E-state index >= 15 is 0 Å². The maximum atomic E-state index is 10.5. The number of fused-ring (bicyclic) bond motifs is 6. The normalized spacial score (nSPS) is 37.1. The molecule has 6 atom stereocenters. The molecule has 7 rings (SSSR count). The summed E-state index contributed by atoms with van der Waals surface area (Å²) in [5.74, 6) is -1.54. The number of carboxylic acid groups (broad SMARTS) is 2. The van der Waals surface area contributed by atoms with Gasteiger partial charge in [-0.1, -0.05) is 12.1 Å². The van der Waals surface area contributed by atoms with Crippen molar-refractivity contribution in [2.24, 2.45) is 11.8 Å². The third-order valence-electron chi connectivity index (χ3n) is 8.75. The van der Waals surface area contributed by atoms with Gasteiger partial charge in [-0.3, -0.25) is 0 Å². The molecule has 36 heavy (non-hydrogen) atoms. The molecule has 1 aromatic carbocycles. The number of benzene rings is 1. The molecule has 1 aromatic rings. The molecule has 6 aliphatic rings. The fourth-order valence-electron chi connectivity index (χ4n) is 7.25. The summed E-state index contributed by atoms with van der Waals surface area (Å²) in [6.07, 6.45) is 6.49. The Morgan fingerprint density at radius 1 is 0.722 bits per heavy atom. The highest BCUT2D eigenvalue weighted by Gasteiger charge is 2.52. The quantitative estimate of drug-likeness (QED) is 0.359. The Bertz CT molecular complexity index is 896. The van der Waals surface area contributed by atoms with Crippen LogP contribution in [0.5, 0.6) is 0 Å². The lowest BCUT2D eigenvalue weighted by atomic mass is 9.63. The number of carboxylic acids is 2. The standard InChI is InChI=1S/2C10H19NO.C8H6O4/c2*1-9(2)7-4-5-10(3,11-9)6-8(7)12;9-7(10)5-3-1-2-4-6(5)8(11)12/h2*7-8,11-12H,4-6H2,1-3H3;1-4H,(H,9,10)(H,11,12). The average Bonchev–Trinajstić information content (AvgIpc) is 2.71. The Kier molecular flexibility index (Phi) is 7.97. The van der Waals surface area contributed by atoms with Crippen LogP contribution in [0.4, 0.5) is 0 Å². The molecule has 4 saturated heterocycles. The van der Waals surface area contributed by atoms with E-state index in [0.717, 1.165) is 12.8 Å². The number of nitrogens with one attached hydrogen (secondary N) is 2. The molecule has 202 valence electrons. The zero-order chi connectivity index (χ0) is 27.1. The minimum atomic E-state index is -1.23. The van der Waals surface area contributed by atoms with Gasteiger partial charge in [0.15, 0.2) is 0 Å². The van der Waals surface area contributed by atoms with Crippen molar-refractivity contribution >= 4 is 11.9 Å². The predicted octanol–water partition coefficient (Wildman–Crippen LogP) is 3.66. The number of aliphatic hydroxyl groups is 2. The molecule has 4 bridgehead atoms. The van der Waals surface area contributed by atoms with E-state index < -0.39 is 11.9 Å². The topological polar surface area (TPSA) is 139 Å². The Hall–Kier alpha value is -2.00. The van der Waals surface area contributed by atoms with Crippen LogP contribution in [0.25, 0.3) is 0 Å². The number of aromatic carboxylic acids is 2. The van der Waals surface area contributed by atoms with Gasteiger partial charge in [-0.2, -0.15) is 0 Å². The molecule has 6 fully saturated rings. The lowest BCUT2D eigenvalue weighted by molar-refractivity contribution is -0.0718. The first-order valence-electron chi connectivity index (χ1n) is 13.0. The van der Waals surface area contributed by atoms with E-state index in [9.17, 15) is 19.8 Å². The largest absolute Gasteiger partial charge is 0.478 e. The van der Waals surface area contributed by atoms with Crippen LogP contribution < -0.4 is 10.6 Å². The molecule has 0 radical (unpaired) electrons. The van der Waals surface area contributed by atoms with Crippen molar-refractivity contribution in [2.75, 3.05) is 0 Å². The highest BCUT2D eigenvalue weighted by molar-refractivity contribution is 6.01. The number of hydrogen-bond acceptors (Lipinski definition) is 6. The fourth-order valence-corrected chi connectivity index (χ4v) is 7.25. The van der Waals surface area contributed by atoms with Crippen molar-refractivity contribution < 1.29 is 30.0 Å². The molecule has 2 aliphatic carbocycles. The molecule has 0 spiro atoms. The first kappa shape index (κ1) is 28.6. The number of piperidine rings is 4. The lowest BCUT2D eigenvalue weighted by Gasteiger charge is -2.57. The molecular weight excluding hydrogens is 460 g/mol. The number of aliphatic hydroxyl groups excluding tert-OH is 2. The molecule has 8 nitrogen and oxygen atoms in total. The van der Waals surface area contributed by atoms with Crippen LogP contribution >= 0.6 is 0 Å². The molecule has 4 aliphatic heterocycles. The Morgan fingerprint density at radius 2 is 1.06 bits per heavy atom. The van der Waals surface area contributed by atoms with Gasteiger partial charge in [0, 0.05) is 34.0 Å². The van der Waals surface area contributed by atoms with Crippen LogP contribution in [-0.2, 0) is 0 Å². The predicted molar refractivity (Wildman–Crippen MR) is 138 cm³/mol. The average molecular weight is 505 g/mol. The maximum Gasteiger partial charge on any atom is 0.336 e. The van der Waals surface area contributed by atoms with E-state index in [1.807, 2.05) is 0 Å². The van der Waals surface area contributed by atoms with E-state index in [1.165, 1.54) is 49.9 Å². The van der Waals surface area contributed by atoms with Crippen molar-refractivity contribution in [3.05, 3.63) is 35.4 Å². The van der Waals surface area contributed by atoms with Crippen molar-refractivity contribution in [1.82, 2.24) is 10.6 Å². The fraction of sp³-hybridized carbons (Fsp3) is 0.714. The molecule has 0 aromatic heterocycles. The summed E-state index contributed by atoms with van der Waals surface area (Å²) in [7, 11) is 0. The lowest BCUT2D eigenvalue weighted by Crippen LogP contribution is -2.69. The van der Waals surface area contributed by atoms with Crippen molar-refractivity contribution in [3.8, 4) is 0 Å². The van der Waals surface area contributed by atoms with Crippen molar-refractivity contribution in [1.29, 1.82) is 0 Å². The van der Waals surface area contributed by atoms with Crippen molar-refractivity contribution in [2.45, 2.75) is 114 Å². The minimum Gasteiger partial charge on any atom is -0.478 e. The van der Waals surface area contributed by atoms with E-state index in [-0.39, 0.29) is 45.5 Å². The van der Waals surface area contributed by atoms with E-state index in [4.69, 9.17) is 10.2 Å². The number of rotatable bonds is 2. The summed E-state index contributed by atoms with van der Waals surface area (Å²) in [5, 5.41) is 44.1. The smallest absolute Gasteiger partial charge is 0.336 e.